The Hall–Kier alpha value is -2.43. The molecule has 100 valence electrons. The molecule has 2 N–H and O–H groups in total. The lowest BCUT2D eigenvalue weighted by Gasteiger charge is -2.11. The Bertz CT molecular complexity index is 558. The normalized spacial score (nSPS) is 9.84. The second-order valence-corrected chi connectivity index (χ2v) is 3.85. The number of nitrogens with zero attached hydrogens (tertiary/aromatic N) is 1. The molecule has 0 spiro atoms. The zero-order chi connectivity index (χ0) is 13.7. The zero-order valence-corrected chi connectivity index (χ0v) is 11.2. The van der Waals surface area contributed by atoms with E-state index in [2.05, 4.69) is 15.6 Å². The van der Waals surface area contributed by atoms with Crippen LogP contribution in [0.2, 0.25) is 0 Å². The highest BCUT2D eigenvalue weighted by Gasteiger charge is 2.05. The van der Waals surface area contributed by atoms with Gasteiger partial charge in [-0.2, -0.15) is 0 Å². The number of anilines is 3. The zero-order valence-electron chi connectivity index (χ0n) is 11.2. The molecule has 0 aliphatic heterocycles. The molecule has 0 radical (unpaired) electrons. The van der Waals surface area contributed by atoms with E-state index in [1.807, 2.05) is 43.4 Å². The van der Waals surface area contributed by atoms with Crippen molar-refractivity contribution in [3.05, 3.63) is 36.4 Å². The third-order valence-electron chi connectivity index (χ3n) is 2.66. The summed E-state index contributed by atoms with van der Waals surface area (Å²) in [6.45, 7) is 0. The fourth-order valence-corrected chi connectivity index (χ4v) is 1.71. The minimum atomic E-state index is 0.678. The number of methoxy groups -OCH3 is 2. The number of pyridine rings is 1. The highest BCUT2D eigenvalue weighted by Crippen LogP contribution is 2.30. The second kappa shape index (κ2) is 5.95. The molecule has 2 aromatic rings. The van der Waals surface area contributed by atoms with Crippen LogP contribution in [-0.4, -0.2) is 26.3 Å². The summed E-state index contributed by atoms with van der Waals surface area (Å²) in [5.41, 5.74) is 0.887. The molecule has 0 fully saturated rings. The van der Waals surface area contributed by atoms with E-state index in [0.717, 1.165) is 17.3 Å². The van der Waals surface area contributed by atoms with Crippen molar-refractivity contribution in [1.29, 1.82) is 0 Å². The van der Waals surface area contributed by atoms with Gasteiger partial charge in [-0.05, 0) is 24.3 Å². The van der Waals surface area contributed by atoms with E-state index < -0.39 is 0 Å². The predicted molar refractivity (Wildman–Crippen MR) is 76.6 cm³/mol. The summed E-state index contributed by atoms with van der Waals surface area (Å²) in [5.74, 6) is 2.95. The summed E-state index contributed by atoms with van der Waals surface area (Å²) in [7, 11) is 5.06. The Morgan fingerprint density at radius 1 is 0.947 bits per heavy atom. The smallest absolute Gasteiger partial charge is 0.162 e. The minimum absolute atomic E-state index is 0.678. The number of ether oxygens (including phenoxy) is 2. The number of hydrogen-bond acceptors (Lipinski definition) is 5. The molecule has 0 saturated carbocycles. The van der Waals surface area contributed by atoms with Gasteiger partial charge in [0, 0.05) is 18.8 Å². The van der Waals surface area contributed by atoms with Crippen molar-refractivity contribution < 1.29 is 9.47 Å². The van der Waals surface area contributed by atoms with Gasteiger partial charge in [0.1, 0.15) is 11.6 Å². The van der Waals surface area contributed by atoms with Crippen LogP contribution < -0.4 is 20.1 Å². The molecule has 0 bridgehead atoms. The van der Waals surface area contributed by atoms with Gasteiger partial charge < -0.3 is 20.1 Å². The summed E-state index contributed by atoms with van der Waals surface area (Å²) in [5, 5.41) is 6.22. The monoisotopic (exact) mass is 259 g/mol. The van der Waals surface area contributed by atoms with Crippen LogP contribution in [-0.2, 0) is 0 Å². The molecule has 0 unspecified atom stereocenters. The Labute approximate surface area is 112 Å². The van der Waals surface area contributed by atoms with E-state index in [1.165, 1.54) is 0 Å². The van der Waals surface area contributed by atoms with Gasteiger partial charge in [0.15, 0.2) is 11.5 Å². The van der Waals surface area contributed by atoms with Crippen molar-refractivity contribution in [3.63, 3.8) is 0 Å². The van der Waals surface area contributed by atoms with Crippen LogP contribution in [0.1, 0.15) is 0 Å². The maximum atomic E-state index is 5.26. The Balaban J connectivity index is 2.22. The van der Waals surface area contributed by atoms with E-state index in [1.54, 1.807) is 14.2 Å². The van der Waals surface area contributed by atoms with E-state index in [9.17, 15) is 0 Å². The summed E-state index contributed by atoms with van der Waals surface area (Å²) in [6, 6.07) is 11.4. The highest BCUT2D eigenvalue weighted by atomic mass is 16.5. The van der Waals surface area contributed by atoms with Crippen LogP contribution in [0, 0.1) is 0 Å². The van der Waals surface area contributed by atoms with Crippen LogP contribution in [0.25, 0.3) is 0 Å². The molecule has 0 atom stereocenters. The maximum Gasteiger partial charge on any atom is 0.162 e. The predicted octanol–water partition coefficient (Wildman–Crippen LogP) is 2.88. The van der Waals surface area contributed by atoms with Crippen LogP contribution in [0.4, 0.5) is 17.3 Å². The van der Waals surface area contributed by atoms with E-state index in [0.29, 0.717) is 11.5 Å². The lowest BCUT2D eigenvalue weighted by molar-refractivity contribution is 0.355. The molecule has 0 saturated heterocycles. The van der Waals surface area contributed by atoms with Crippen molar-refractivity contribution in [2.75, 3.05) is 31.9 Å². The van der Waals surface area contributed by atoms with Crippen LogP contribution in [0.3, 0.4) is 0 Å². The fourth-order valence-electron chi connectivity index (χ4n) is 1.71. The van der Waals surface area contributed by atoms with Gasteiger partial charge in [-0.3, -0.25) is 0 Å². The molecule has 1 aromatic carbocycles. The number of benzene rings is 1. The standard InChI is InChI=1S/C14H17N3O2/c1-15-13-5-4-6-14(17-13)16-10-7-8-11(18-2)12(9-10)19-3/h4-9H,1-3H3,(H2,15,16,17). The number of aromatic nitrogens is 1. The SMILES string of the molecule is CNc1cccc(Nc2ccc(OC)c(OC)c2)n1. The third kappa shape index (κ3) is 3.07. The van der Waals surface area contributed by atoms with Gasteiger partial charge in [0.25, 0.3) is 0 Å². The summed E-state index contributed by atoms with van der Waals surface area (Å²) < 4.78 is 10.5. The van der Waals surface area contributed by atoms with Crippen LogP contribution in [0.5, 0.6) is 11.5 Å². The average molecular weight is 259 g/mol. The molecule has 0 aliphatic carbocycles. The second-order valence-electron chi connectivity index (χ2n) is 3.85. The molecule has 0 aliphatic rings. The Morgan fingerprint density at radius 3 is 2.37 bits per heavy atom. The first kappa shape index (κ1) is 13.0. The van der Waals surface area contributed by atoms with Gasteiger partial charge in [0.2, 0.25) is 0 Å². The average Bonchev–Trinajstić information content (AvgIpc) is 2.47. The maximum absolute atomic E-state index is 5.26. The minimum Gasteiger partial charge on any atom is -0.493 e. The van der Waals surface area contributed by atoms with Crippen molar-refractivity contribution in [3.8, 4) is 11.5 Å². The molecule has 2 rings (SSSR count). The summed E-state index contributed by atoms with van der Waals surface area (Å²) >= 11 is 0. The van der Waals surface area contributed by atoms with Gasteiger partial charge in [-0.25, -0.2) is 4.98 Å². The Morgan fingerprint density at radius 2 is 1.68 bits per heavy atom. The molecule has 1 heterocycles. The largest absolute Gasteiger partial charge is 0.493 e. The molecule has 5 nitrogen and oxygen atoms in total. The van der Waals surface area contributed by atoms with Gasteiger partial charge >= 0.3 is 0 Å². The summed E-state index contributed by atoms with van der Waals surface area (Å²) in [6.07, 6.45) is 0. The van der Waals surface area contributed by atoms with E-state index in [-0.39, 0.29) is 0 Å². The van der Waals surface area contributed by atoms with Crippen molar-refractivity contribution in [2.24, 2.45) is 0 Å². The van der Waals surface area contributed by atoms with Gasteiger partial charge in [-0.1, -0.05) is 6.07 Å². The fraction of sp³-hybridized carbons (Fsp3) is 0.214. The number of rotatable bonds is 5. The molecule has 0 amide bonds. The molecule has 5 heteroatoms. The van der Waals surface area contributed by atoms with E-state index in [4.69, 9.17) is 9.47 Å². The first-order valence-corrected chi connectivity index (χ1v) is 5.90. The van der Waals surface area contributed by atoms with Crippen molar-refractivity contribution in [2.45, 2.75) is 0 Å². The van der Waals surface area contributed by atoms with Gasteiger partial charge in [0.05, 0.1) is 14.2 Å². The van der Waals surface area contributed by atoms with Crippen molar-refractivity contribution >= 4 is 17.3 Å². The number of hydrogen-bond donors (Lipinski definition) is 2. The third-order valence-corrected chi connectivity index (χ3v) is 2.66. The van der Waals surface area contributed by atoms with Gasteiger partial charge in [-0.15, -0.1) is 0 Å². The Kier molecular flexibility index (Phi) is 4.07. The molecular weight excluding hydrogens is 242 g/mol. The lowest BCUT2D eigenvalue weighted by atomic mass is 10.2. The lowest BCUT2D eigenvalue weighted by Crippen LogP contribution is -1.98. The topological polar surface area (TPSA) is 55.4 Å². The van der Waals surface area contributed by atoms with Crippen LogP contribution >= 0.6 is 0 Å². The van der Waals surface area contributed by atoms with E-state index >= 15 is 0 Å². The highest BCUT2D eigenvalue weighted by molar-refractivity contribution is 5.62. The molecular formula is C14H17N3O2. The quantitative estimate of drug-likeness (QED) is 0.864. The molecule has 19 heavy (non-hydrogen) atoms. The summed E-state index contributed by atoms with van der Waals surface area (Å²) in [4.78, 5) is 4.39. The number of nitrogens with one attached hydrogen (secondary N) is 2. The van der Waals surface area contributed by atoms with Crippen LogP contribution in [0.15, 0.2) is 36.4 Å². The van der Waals surface area contributed by atoms with Crippen molar-refractivity contribution in [1.82, 2.24) is 4.98 Å². The molecule has 1 aromatic heterocycles. The first-order chi connectivity index (χ1) is 9.26. The first-order valence-electron chi connectivity index (χ1n) is 5.90.